The maximum absolute atomic E-state index is 12.9. The first kappa shape index (κ1) is 23.1. The summed E-state index contributed by atoms with van der Waals surface area (Å²) < 4.78 is 29.3. The molecule has 3 aliphatic rings. The molecule has 0 saturated heterocycles. The number of aromatic hydroxyl groups is 1. The smallest absolute Gasteiger partial charge is 0.338 e. The molecule has 3 unspecified atom stereocenters. The van der Waals surface area contributed by atoms with Crippen LogP contribution < -0.4 is 5.14 Å². The molecule has 34 heavy (non-hydrogen) atoms. The van der Waals surface area contributed by atoms with E-state index in [1.165, 1.54) is 29.3 Å². The van der Waals surface area contributed by atoms with Crippen molar-refractivity contribution in [3.05, 3.63) is 71.8 Å². The Hall–Kier alpha value is -2.64. The molecule has 0 amide bonds. The Morgan fingerprint density at radius 1 is 1.21 bits per heavy atom. The number of sulfonamides is 1. The van der Waals surface area contributed by atoms with Gasteiger partial charge < -0.3 is 9.84 Å². The van der Waals surface area contributed by atoms with E-state index in [0.29, 0.717) is 17.6 Å². The first-order valence-corrected chi connectivity index (χ1v) is 13.4. The maximum Gasteiger partial charge on any atom is 0.338 e. The van der Waals surface area contributed by atoms with Crippen molar-refractivity contribution in [3.63, 3.8) is 0 Å². The number of aryl methyl sites for hydroxylation is 1. The van der Waals surface area contributed by atoms with Gasteiger partial charge >= 0.3 is 5.97 Å². The lowest BCUT2D eigenvalue weighted by atomic mass is 9.49. The molecule has 2 aromatic carbocycles. The first-order valence-electron chi connectivity index (χ1n) is 11.9. The third-order valence-corrected chi connectivity index (χ3v) is 9.63. The quantitative estimate of drug-likeness (QED) is 0.495. The Morgan fingerprint density at radius 3 is 2.74 bits per heavy atom. The van der Waals surface area contributed by atoms with Crippen LogP contribution in [0.15, 0.2) is 60.0 Å². The Bertz CT molecular complexity index is 1270. The summed E-state index contributed by atoms with van der Waals surface area (Å²) in [6.45, 7) is 6.56. The number of allylic oxidation sites excluding steroid dienone is 1. The van der Waals surface area contributed by atoms with Crippen LogP contribution in [0, 0.1) is 17.3 Å². The Kier molecular flexibility index (Phi) is 5.41. The van der Waals surface area contributed by atoms with E-state index in [4.69, 9.17) is 9.88 Å². The van der Waals surface area contributed by atoms with Gasteiger partial charge in [0, 0.05) is 5.41 Å². The molecule has 6 nitrogen and oxygen atoms in total. The summed E-state index contributed by atoms with van der Waals surface area (Å²) in [7, 11) is -3.90. The number of benzene rings is 2. The third-order valence-electron chi connectivity index (χ3n) is 8.71. The molecule has 0 aliphatic heterocycles. The van der Waals surface area contributed by atoms with Crippen LogP contribution in [-0.4, -0.2) is 25.6 Å². The van der Waals surface area contributed by atoms with Crippen molar-refractivity contribution in [3.8, 4) is 5.75 Å². The van der Waals surface area contributed by atoms with Crippen LogP contribution in [-0.2, 0) is 26.6 Å². The predicted molar refractivity (Wildman–Crippen MR) is 129 cm³/mol. The summed E-state index contributed by atoms with van der Waals surface area (Å²) in [5.41, 5.74) is 2.61. The highest BCUT2D eigenvalue weighted by Gasteiger charge is 2.58. The van der Waals surface area contributed by atoms with Gasteiger partial charge in [0.1, 0.15) is 11.9 Å². The van der Waals surface area contributed by atoms with Gasteiger partial charge in [0.05, 0.1) is 10.5 Å². The van der Waals surface area contributed by atoms with Gasteiger partial charge in [-0.3, -0.25) is 0 Å². The normalized spacial score (nSPS) is 32.2. The highest BCUT2D eigenvalue weighted by Crippen LogP contribution is 2.64. The fraction of sp³-hybridized carbons (Fsp3) is 0.444. The van der Waals surface area contributed by atoms with Crippen LogP contribution in [0.4, 0.5) is 0 Å². The molecule has 2 fully saturated rings. The second kappa shape index (κ2) is 7.95. The van der Waals surface area contributed by atoms with Gasteiger partial charge in [-0.2, -0.15) is 0 Å². The average molecular weight is 482 g/mol. The number of fused-ring (bicyclic) bond motifs is 5. The van der Waals surface area contributed by atoms with Gasteiger partial charge in [-0.25, -0.2) is 18.4 Å². The van der Waals surface area contributed by atoms with E-state index in [-0.39, 0.29) is 27.4 Å². The van der Waals surface area contributed by atoms with Gasteiger partial charge in [0.25, 0.3) is 0 Å². The number of carbonyl (C=O) groups is 1. The Morgan fingerprint density at radius 2 is 2.00 bits per heavy atom. The molecule has 0 radical (unpaired) electrons. The summed E-state index contributed by atoms with van der Waals surface area (Å²) in [5.74, 6) is 0.568. The van der Waals surface area contributed by atoms with Crippen LogP contribution in [0.25, 0.3) is 0 Å². The molecule has 180 valence electrons. The SMILES string of the molecule is C=CC12CC[C@]3(C)C[C@H](OC(=O)c4cccc(S(N)(=O)=O)c4)CC3C1CCc1cc(O)ccc12. The molecular weight excluding hydrogens is 450 g/mol. The van der Waals surface area contributed by atoms with Crippen molar-refractivity contribution >= 4 is 16.0 Å². The third kappa shape index (κ3) is 3.66. The molecule has 3 N–H and O–H groups in total. The Labute approximate surface area is 200 Å². The van der Waals surface area contributed by atoms with Crippen molar-refractivity contribution in [1.29, 1.82) is 0 Å². The van der Waals surface area contributed by atoms with E-state index in [1.807, 2.05) is 6.07 Å². The van der Waals surface area contributed by atoms with Gasteiger partial charge in [0.15, 0.2) is 0 Å². The van der Waals surface area contributed by atoms with Crippen LogP contribution in [0.2, 0.25) is 0 Å². The first-order chi connectivity index (χ1) is 16.1. The lowest BCUT2D eigenvalue weighted by Crippen LogP contribution is -2.49. The highest BCUT2D eigenvalue weighted by molar-refractivity contribution is 7.89. The van der Waals surface area contributed by atoms with Gasteiger partial charge in [0.2, 0.25) is 10.0 Å². The lowest BCUT2D eigenvalue weighted by molar-refractivity contribution is 0.0267. The molecule has 0 bridgehead atoms. The molecule has 0 aromatic heterocycles. The van der Waals surface area contributed by atoms with E-state index in [0.717, 1.165) is 38.5 Å². The summed E-state index contributed by atoms with van der Waals surface area (Å²) in [6.07, 6.45) is 7.40. The molecule has 2 saturated carbocycles. The van der Waals surface area contributed by atoms with Crippen LogP contribution in [0.3, 0.4) is 0 Å². The predicted octanol–water partition coefficient (Wildman–Crippen LogP) is 4.46. The van der Waals surface area contributed by atoms with Crippen LogP contribution in [0.5, 0.6) is 5.75 Å². The van der Waals surface area contributed by atoms with Gasteiger partial charge in [-0.15, -0.1) is 6.58 Å². The molecule has 5 rings (SSSR count). The molecule has 5 atom stereocenters. The lowest BCUT2D eigenvalue weighted by Gasteiger charge is -2.55. The van der Waals surface area contributed by atoms with Gasteiger partial charge in [-0.1, -0.05) is 25.1 Å². The zero-order valence-electron chi connectivity index (χ0n) is 19.4. The number of esters is 1. The molecule has 3 aliphatic carbocycles. The minimum atomic E-state index is -3.90. The van der Waals surface area contributed by atoms with E-state index < -0.39 is 16.0 Å². The van der Waals surface area contributed by atoms with Crippen molar-refractivity contribution in [2.45, 2.75) is 61.9 Å². The largest absolute Gasteiger partial charge is 0.508 e. The number of phenolic OH excluding ortho intramolecular Hbond substituents is 1. The summed E-state index contributed by atoms with van der Waals surface area (Å²) in [4.78, 5) is 12.8. The summed E-state index contributed by atoms with van der Waals surface area (Å²) in [5, 5.41) is 15.2. The highest BCUT2D eigenvalue weighted by atomic mass is 32.2. The fourth-order valence-corrected chi connectivity index (χ4v) is 7.67. The number of phenols is 1. The van der Waals surface area contributed by atoms with E-state index in [9.17, 15) is 18.3 Å². The standard InChI is InChI=1S/C27H31NO5S/c1-3-27-12-11-26(2)16-20(33-25(30)18-5-4-6-21(14-18)34(28,31)32)15-24(26)23(27)9-7-17-13-19(29)8-10-22(17)27/h3-6,8,10,13-14,20,23-24,29H,1,7,9,11-12,15-16H2,2H3,(H2,28,31,32)/t20-,23?,24?,26-,27?/m1/s1. The molecular formula is C27H31NO5S. The maximum atomic E-state index is 12.9. The monoisotopic (exact) mass is 481 g/mol. The number of nitrogens with two attached hydrogens (primary N) is 1. The molecule has 0 heterocycles. The van der Waals surface area contributed by atoms with E-state index in [1.54, 1.807) is 12.1 Å². The van der Waals surface area contributed by atoms with Gasteiger partial charge in [-0.05, 0) is 97.2 Å². The van der Waals surface area contributed by atoms with Crippen molar-refractivity contribution < 1.29 is 23.1 Å². The van der Waals surface area contributed by atoms with E-state index in [2.05, 4.69) is 25.6 Å². The zero-order valence-corrected chi connectivity index (χ0v) is 20.2. The zero-order chi connectivity index (χ0) is 24.3. The second-order valence-electron chi connectivity index (χ2n) is 10.5. The summed E-state index contributed by atoms with van der Waals surface area (Å²) in [6, 6.07) is 11.4. The van der Waals surface area contributed by atoms with E-state index >= 15 is 0 Å². The number of primary sulfonamides is 1. The topological polar surface area (TPSA) is 107 Å². The average Bonchev–Trinajstić information content (AvgIpc) is 3.13. The van der Waals surface area contributed by atoms with Crippen LogP contribution >= 0.6 is 0 Å². The number of hydrogen-bond donors (Lipinski definition) is 2. The summed E-state index contributed by atoms with van der Waals surface area (Å²) >= 11 is 0. The fourth-order valence-electron chi connectivity index (χ4n) is 7.11. The minimum absolute atomic E-state index is 0.0684. The van der Waals surface area contributed by atoms with Crippen LogP contribution in [0.1, 0.15) is 60.5 Å². The number of hydrogen-bond acceptors (Lipinski definition) is 5. The Balaban J connectivity index is 1.39. The second-order valence-corrected chi connectivity index (χ2v) is 12.1. The molecule has 0 spiro atoms. The van der Waals surface area contributed by atoms with Crippen molar-refractivity contribution in [2.24, 2.45) is 22.4 Å². The van der Waals surface area contributed by atoms with Crippen molar-refractivity contribution in [1.82, 2.24) is 0 Å². The van der Waals surface area contributed by atoms with Crippen molar-refractivity contribution in [2.75, 3.05) is 0 Å². The minimum Gasteiger partial charge on any atom is -0.508 e. The number of ether oxygens (including phenoxy) is 1. The number of carbonyl (C=O) groups excluding carboxylic acids is 1. The number of rotatable bonds is 4. The molecule has 2 aromatic rings. The molecule has 7 heteroatoms.